The number of hydrogen-bond donors (Lipinski definition) is 2. The van der Waals surface area contributed by atoms with E-state index in [4.69, 9.17) is 0 Å². The van der Waals surface area contributed by atoms with E-state index < -0.39 is 23.8 Å². The van der Waals surface area contributed by atoms with Crippen molar-refractivity contribution in [3.05, 3.63) is 34.9 Å². The summed E-state index contributed by atoms with van der Waals surface area (Å²) in [6, 6.07) is 4.52. The lowest BCUT2D eigenvalue weighted by atomic mass is 9.82. The number of piperidine rings is 2. The Morgan fingerprint density at radius 1 is 0.969 bits per heavy atom. The summed E-state index contributed by atoms with van der Waals surface area (Å²) in [5, 5.41) is 5.73. The fourth-order valence-corrected chi connectivity index (χ4v) is 5.96. The number of likely N-dealkylation sites (tertiary alicyclic amines) is 1. The topological polar surface area (TPSA) is 98.8 Å². The first-order valence-corrected chi connectivity index (χ1v) is 11.8. The molecule has 4 heterocycles. The smallest absolute Gasteiger partial charge is 0.262 e. The van der Waals surface area contributed by atoms with Gasteiger partial charge in [0.15, 0.2) is 0 Å². The van der Waals surface area contributed by atoms with Gasteiger partial charge in [0.05, 0.1) is 11.1 Å². The minimum absolute atomic E-state index is 0.126. The van der Waals surface area contributed by atoms with E-state index in [0.29, 0.717) is 17.7 Å². The van der Waals surface area contributed by atoms with E-state index in [-0.39, 0.29) is 24.3 Å². The molecule has 4 amide bonds. The second-order valence-corrected chi connectivity index (χ2v) is 9.49. The molecule has 1 aromatic carbocycles. The fraction of sp³-hybridized carbons (Fsp3) is 0.583. The van der Waals surface area contributed by atoms with Crippen molar-refractivity contribution in [1.82, 2.24) is 20.4 Å². The number of nitrogens with zero attached hydrogens (tertiary/aromatic N) is 2. The van der Waals surface area contributed by atoms with Gasteiger partial charge in [-0.3, -0.25) is 34.3 Å². The number of amides is 4. The second-order valence-electron chi connectivity index (χ2n) is 9.49. The third-order valence-electron chi connectivity index (χ3n) is 7.69. The molecule has 4 aliphatic heterocycles. The Labute approximate surface area is 187 Å². The lowest BCUT2D eigenvalue weighted by molar-refractivity contribution is -0.136. The van der Waals surface area contributed by atoms with Crippen LogP contribution in [0.1, 0.15) is 77.6 Å². The quantitative estimate of drug-likeness (QED) is 0.696. The Balaban J connectivity index is 1.45. The molecule has 3 fully saturated rings. The van der Waals surface area contributed by atoms with Crippen LogP contribution in [0.25, 0.3) is 0 Å². The summed E-state index contributed by atoms with van der Waals surface area (Å²) in [4.78, 5) is 54.1. The van der Waals surface area contributed by atoms with Crippen molar-refractivity contribution < 1.29 is 19.2 Å². The van der Waals surface area contributed by atoms with Crippen molar-refractivity contribution in [3.8, 4) is 0 Å². The Morgan fingerprint density at radius 3 is 2.56 bits per heavy atom. The zero-order valence-electron chi connectivity index (χ0n) is 18.3. The first kappa shape index (κ1) is 21.3. The monoisotopic (exact) mass is 438 g/mol. The molecule has 2 N–H and O–H groups in total. The molecule has 4 aliphatic rings. The third kappa shape index (κ3) is 3.55. The number of carbonyl (C=O) groups is 4. The lowest BCUT2D eigenvalue weighted by Gasteiger charge is -2.46. The van der Waals surface area contributed by atoms with Gasteiger partial charge in [0.25, 0.3) is 11.8 Å². The van der Waals surface area contributed by atoms with E-state index in [0.717, 1.165) is 49.4 Å². The van der Waals surface area contributed by atoms with Crippen LogP contribution in [0.4, 0.5) is 0 Å². The Kier molecular flexibility index (Phi) is 5.59. The summed E-state index contributed by atoms with van der Waals surface area (Å²) in [6.07, 6.45) is 7.24. The molecule has 0 aliphatic carbocycles. The number of carbonyl (C=O) groups excluding carboxylic acids is 4. The highest BCUT2D eigenvalue weighted by molar-refractivity contribution is 6.24. The number of hydrogen-bond acceptors (Lipinski definition) is 6. The Morgan fingerprint density at radius 2 is 1.78 bits per heavy atom. The number of rotatable bonds is 3. The van der Waals surface area contributed by atoms with Crippen molar-refractivity contribution in [3.63, 3.8) is 0 Å². The average Bonchev–Trinajstić information content (AvgIpc) is 2.91. The summed E-state index contributed by atoms with van der Waals surface area (Å²) >= 11 is 0. The molecule has 32 heavy (non-hydrogen) atoms. The van der Waals surface area contributed by atoms with Gasteiger partial charge in [0, 0.05) is 18.5 Å². The molecule has 5 rings (SSSR count). The highest BCUT2D eigenvalue weighted by Gasteiger charge is 2.46. The first-order valence-electron chi connectivity index (χ1n) is 11.8. The maximum Gasteiger partial charge on any atom is 0.262 e. The molecule has 0 aromatic heterocycles. The van der Waals surface area contributed by atoms with Crippen LogP contribution in [-0.4, -0.2) is 64.6 Å². The molecule has 1 aromatic rings. The summed E-state index contributed by atoms with van der Waals surface area (Å²) in [5.41, 5.74) is 1.79. The van der Waals surface area contributed by atoms with Crippen LogP contribution in [-0.2, 0) is 16.1 Å². The molecule has 8 nitrogen and oxygen atoms in total. The van der Waals surface area contributed by atoms with Gasteiger partial charge in [0.2, 0.25) is 11.8 Å². The van der Waals surface area contributed by atoms with Gasteiger partial charge in [0.1, 0.15) is 6.04 Å². The second kappa shape index (κ2) is 8.41. The van der Waals surface area contributed by atoms with Crippen molar-refractivity contribution in [2.45, 2.75) is 69.5 Å². The van der Waals surface area contributed by atoms with Crippen molar-refractivity contribution in [2.75, 3.05) is 19.6 Å². The summed E-state index contributed by atoms with van der Waals surface area (Å²) < 4.78 is 0. The molecule has 1 unspecified atom stereocenters. The van der Waals surface area contributed by atoms with Gasteiger partial charge in [-0.25, -0.2) is 0 Å². The van der Waals surface area contributed by atoms with Crippen LogP contribution in [0, 0.1) is 0 Å². The summed E-state index contributed by atoms with van der Waals surface area (Å²) in [5.74, 6) is -1.78. The SMILES string of the molecule is O=C1CCC(N2C(=O)c3cccc(CN4CCCCCC45CCNCC5)c3C2=O)C(=O)N1. The van der Waals surface area contributed by atoms with E-state index in [1.165, 1.54) is 19.3 Å². The van der Waals surface area contributed by atoms with Crippen LogP contribution in [0.5, 0.6) is 0 Å². The van der Waals surface area contributed by atoms with Crippen molar-refractivity contribution >= 4 is 23.6 Å². The molecule has 0 bridgehead atoms. The van der Waals surface area contributed by atoms with Gasteiger partial charge in [-0.15, -0.1) is 0 Å². The Hall–Kier alpha value is -2.58. The van der Waals surface area contributed by atoms with E-state index >= 15 is 0 Å². The van der Waals surface area contributed by atoms with E-state index in [9.17, 15) is 19.2 Å². The minimum atomic E-state index is -0.929. The van der Waals surface area contributed by atoms with Crippen LogP contribution < -0.4 is 10.6 Å². The molecule has 1 spiro atoms. The largest absolute Gasteiger partial charge is 0.317 e. The Bertz CT molecular complexity index is 969. The highest BCUT2D eigenvalue weighted by atomic mass is 16.2. The third-order valence-corrected chi connectivity index (χ3v) is 7.69. The molecular weight excluding hydrogens is 408 g/mol. The van der Waals surface area contributed by atoms with Crippen molar-refractivity contribution in [2.24, 2.45) is 0 Å². The van der Waals surface area contributed by atoms with Crippen molar-refractivity contribution in [1.29, 1.82) is 0 Å². The molecule has 170 valence electrons. The standard InChI is InChI=1S/C24H30N4O4/c29-19-8-7-18(21(30)26-19)28-22(31)17-6-4-5-16(20(17)23(28)32)15-27-14-3-1-2-9-24(27)10-12-25-13-11-24/h4-6,18,25H,1-3,7-15H2,(H,26,29,30). The molecule has 3 saturated heterocycles. The van der Waals surface area contributed by atoms with E-state index in [1.807, 2.05) is 12.1 Å². The maximum atomic E-state index is 13.4. The molecule has 0 saturated carbocycles. The minimum Gasteiger partial charge on any atom is -0.317 e. The van der Waals surface area contributed by atoms with Crippen LogP contribution in [0.15, 0.2) is 18.2 Å². The van der Waals surface area contributed by atoms with Gasteiger partial charge in [-0.1, -0.05) is 25.0 Å². The predicted octanol–water partition coefficient (Wildman–Crippen LogP) is 1.59. The zero-order valence-corrected chi connectivity index (χ0v) is 18.3. The number of benzene rings is 1. The van der Waals surface area contributed by atoms with Gasteiger partial charge in [-0.2, -0.15) is 0 Å². The highest BCUT2D eigenvalue weighted by Crippen LogP contribution is 2.37. The normalized spacial score (nSPS) is 26.2. The fourth-order valence-electron chi connectivity index (χ4n) is 5.96. The van der Waals surface area contributed by atoms with Crippen LogP contribution >= 0.6 is 0 Å². The molecule has 1 atom stereocenters. The van der Waals surface area contributed by atoms with Gasteiger partial charge >= 0.3 is 0 Å². The maximum absolute atomic E-state index is 13.4. The number of imide groups is 2. The van der Waals surface area contributed by atoms with Crippen LogP contribution in [0.2, 0.25) is 0 Å². The predicted molar refractivity (Wildman–Crippen MR) is 117 cm³/mol. The number of fused-ring (bicyclic) bond motifs is 1. The van der Waals surface area contributed by atoms with Gasteiger partial charge < -0.3 is 5.32 Å². The lowest BCUT2D eigenvalue weighted by Crippen LogP contribution is -2.54. The zero-order chi connectivity index (χ0) is 22.3. The summed E-state index contributed by atoms with van der Waals surface area (Å²) in [7, 11) is 0. The van der Waals surface area contributed by atoms with E-state index in [2.05, 4.69) is 15.5 Å². The average molecular weight is 439 g/mol. The summed E-state index contributed by atoms with van der Waals surface area (Å²) in [6.45, 7) is 3.63. The van der Waals surface area contributed by atoms with Crippen LogP contribution in [0.3, 0.4) is 0 Å². The first-order chi connectivity index (χ1) is 15.5. The number of nitrogens with one attached hydrogen (secondary N) is 2. The van der Waals surface area contributed by atoms with Gasteiger partial charge in [-0.05, 0) is 63.4 Å². The van der Waals surface area contributed by atoms with E-state index in [1.54, 1.807) is 6.07 Å². The molecule has 0 radical (unpaired) electrons. The molecule has 8 heteroatoms. The molecular formula is C24H30N4O4.